The summed E-state index contributed by atoms with van der Waals surface area (Å²) in [4.78, 5) is 55.9. The molecule has 18 nitrogen and oxygen atoms in total. The molecule has 18 unspecified atom stereocenters. The summed E-state index contributed by atoms with van der Waals surface area (Å²) in [6.45, 7) is 16.3. The Kier molecular flexibility index (Phi) is 22.7. The van der Waals surface area contributed by atoms with Crippen LogP contribution in [0.2, 0.25) is 0 Å². The number of nitrogens with zero attached hydrogens (tertiary/aromatic N) is 2. The number of aldehydes is 1. The van der Waals surface area contributed by atoms with Gasteiger partial charge in [-0.2, -0.15) is 0 Å². The highest BCUT2D eigenvalue weighted by molar-refractivity contribution is 5.72. The normalized spacial score (nSPS) is 40.8. The van der Waals surface area contributed by atoms with E-state index in [1.165, 1.54) is 7.11 Å². The highest BCUT2D eigenvalue weighted by Gasteiger charge is 2.55. The molecule has 4 aliphatic rings. The lowest BCUT2D eigenvalue weighted by atomic mass is 9.82. The van der Waals surface area contributed by atoms with Gasteiger partial charge < -0.3 is 67.3 Å². The number of esters is 3. The van der Waals surface area contributed by atoms with Crippen molar-refractivity contribution < 1.29 is 76.8 Å². The second-order valence-corrected chi connectivity index (χ2v) is 20.7. The van der Waals surface area contributed by atoms with Crippen LogP contribution in [0.3, 0.4) is 0 Å². The number of ether oxygens (including phenoxy) is 10. The fourth-order valence-electron chi connectivity index (χ4n) is 10.1. The van der Waals surface area contributed by atoms with E-state index in [-0.39, 0.29) is 62.5 Å². The number of methoxy groups -OCH3 is 1. The molecule has 0 saturated carbocycles. The zero-order valence-corrected chi connectivity index (χ0v) is 43.8. The molecule has 396 valence electrons. The van der Waals surface area contributed by atoms with Gasteiger partial charge in [-0.1, -0.05) is 52.0 Å². The van der Waals surface area contributed by atoms with Crippen molar-refractivity contribution in [1.29, 1.82) is 0 Å². The Balaban J connectivity index is 1.71. The first-order chi connectivity index (χ1) is 32.4. The molecule has 2 N–H and O–H groups in total. The van der Waals surface area contributed by atoms with Gasteiger partial charge in [-0.05, 0) is 99.8 Å². The average Bonchev–Trinajstić information content (AvgIpc) is 3.24. The van der Waals surface area contributed by atoms with Crippen LogP contribution in [-0.2, 0) is 66.5 Å². The van der Waals surface area contributed by atoms with E-state index in [9.17, 15) is 29.4 Å². The van der Waals surface area contributed by atoms with Crippen molar-refractivity contribution in [1.82, 2.24) is 9.80 Å². The van der Waals surface area contributed by atoms with Crippen molar-refractivity contribution >= 4 is 24.2 Å². The Hall–Kier alpha value is -2.88. The van der Waals surface area contributed by atoms with Gasteiger partial charge in [-0.3, -0.25) is 19.3 Å². The van der Waals surface area contributed by atoms with Crippen molar-refractivity contribution in [3.8, 4) is 0 Å². The maximum atomic E-state index is 13.6. The predicted molar refractivity (Wildman–Crippen MR) is 254 cm³/mol. The molecular formula is C51H86N2O16. The summed E-state index contributed by atoms with van der Waals surface area (Å²) < 4.78 is 63.0. The SMILES string of the molecule is CCC(=O)OC1CC(=O)OC(C)C/C=C/C=C/C(OC2CCC(N(C)C)C(C)O2)C(C)CC(CC=O)C(OC2CC(O)(N(C)C)C(OC3CC(C)(O)C(OC(=O)CC(C)C)C(C)O3)C(C)O2)C1OC. The molecule has 4 aliphatic heterocycles. The molecule has 18 atom stereocenters. The fraction of sp³-hybridized carbons (Fsp3) is 0.843. The maximum absolute atomic E-state index is 13.6. The van der Waals surface area contributed by atoms with Crippen molar-refractivity contribution in [2.75, 3.05) is 35.3 Å². The van der Waals surface area contributed by atoms with Gasteiger partial charge in [0.1, 0.15) is 36.3 Å². The van der Waals surface area contributed by atoms with E-state index < -0.39 is 109 Å². The number of carbonyl (C=O) groups is 4. The molecule has 0 bridgehead atoms. The molecule has 0 spiro atoms. The number of aliphatic hydroxyl groups is 2. The first-order valence-corrected chi connectivity index (χ1v) is 25.0. The predicted octanol–water partition coefficient (Wildman–Crippen LogP) is 5.23. The quantitative estimate of drug-likeness (QED) is 0.0878. The van der Waals surface area contributed by atoms with Crippen molar-refractivity contribution in [2.24, 2.45) is 17.8 Å². The lowest BCUT2D eigenvalue weighted by Crippen LogP contribution is -2.67. The van der Waals surface area contributed by atoms with Crippen LogP contribution >= 0.6 is 0 Å². The van der Waals surface area contributed by atoms with Gasteiger partial charge in [0.25, 0.3) is 0 Å². The van der Waals surface area contributed by atoms with Crippen molar-refractivity contribution in [3.63, 3.8) is 0 Å². The van der Waals surface area contributed by atoms with Crippen LogP contribution in [-0.4, -0.2) is 177 Å². The van der Waals surface area contributed by atoms with Crippen LogP contribution in [0.4, 0.5) is 0 Å². The molecule has 0 aromatic heterocycles. The van der Waals surface area contributed by atoms with E-state index in [1.807, 2.05) is 66.1 Å². The van der Waals surface area contributed by atoms with E-state index in [1.54, 1.807) is 53.6 Å². The Bertz CT molecular complexity index is 1690. The number of allylic oxidation sites excluding steroid dienone is 2. The van der Waals surface area contributed by atoms with E-state index >= 15 is 0 Å². The highest BCUT2D eigenvalue weighted by Crippen LogP contribution is 2.41. The average molecular weight is 983 g/mol. The topological polar surface area (TPSA) is 208 Å². The molecule has 0 aromatic carbocycles. The minimum Gasteiger partial charge on any atom is -0.462 e. The summed E-state index contributed by atoms with van der Waals surface area (Å²) in [7, 11) is 8.87. The third kappa shape index (κ3) is 16.6. The van der Waals surface area contributed by atoms with Gasteiger partial charge in [-0.15, -0.1) is 0 Å². The Labute approximate surface area is 410 Å². The molecule has 0 aliphatic carbocycles. The molecule has 4 rings (SSSR count). The minimum absolute atomic E-state index is 0.00929. The van der Waals surface area contributed by atoms with E-state index in [2.05, 4.69) is 4.90 Å². The molecule has 0 radical (unpaired) electrons. The van der Waals surface area contributed by atoms with Gasteiger partial charge >= 0.3 is 17.9 Å². The summed E-state index contributed by atoms with van der Waals surface area (Å²) in [5.41, 5.74) is -3.31. The third-order valence-corrected chi connectivity index (χ3v) is 13.8. The Morgan fingerprint density at radius 2 is 1.51 bits per heavy atom. The van der Waals surface area contributed by atoms with Crippen LogP contribution < -0.4 is 0 Å². The van der Waals surface area contributed by atoms with E-state index in [4.69, 9.17) is 47.4 Å². The minimum atomic E-state index is -1.77. The molecule has 0 aromatic rings. The number of hydrogen-bond donors (Lipinski definition) is 2. The lowest BCUT2D eigenvalue weighted by Gasteiger charge is -2.52. The zero-order valence-electron chi connectivity index (χ0n) is 43.8. The van der Waals surface area contributed by atoms with Crippen LogP contribution in [0.25, 0.3) is 0 Å². The van der Waals surface area contributed by atoms with E-state index in [0.717, 1.165) is 12.7 Å². The fourth-order valence-corrected chi connectivity index (χ4v) is 10.1. The number of carbonyl (C=O) groups excluding carboxylic acids is 4. The summed E-state index contributed by atoms with van der Waals surface area (Å²) >= 11 is 0. The lowest BCUT2D eigenvalue weighted by molar-refractivity contribution is -0.366. The smallest absolute Gasteiger partial charge is 0.309 e. The molecule has 69 heavy (non-hydrogen) atoms. The number of cyclic esters (lactones) is 1. The number of likely N-dealkylation sites (N-methyl/N-ethyl adjacent to an activating group) is 2. The molecule has 3 fully saturated rings. The monoisotopic (exact) mass is 983 g/mol. The second kappa shape index (κ2) is 26.7. The summed E-state index contributed by atoms with van der Waals surface area (Å²) in [6.07, 6.45) is -0.585. The molecule has 18 heteroatoms. The first-order valence-electron chi connectivity index (χ1n) is 25.0. The number of hydrogen-bond acceptors (Lipinski definition) is 18. The summed E-state index contributed by atoms with van der Waals surface area (Å²) in [6, 6.07) is 0.238. The number of rotatable bonds is 16. The van der Waals surface area contributed by atoms with Crippen LogP contribution in [0.5, 0.6) is 0 Å². The highest BCUT2D eigenvalue weighted by atomic mass is 16.7. The first kappa shape index (κ1) is 58.7. The summed E-state index contributed by atoms with van der Waals surface area (Å²) in [5.74, 6) is -2.48. The Morgan fingerprint density at radius 1 is 0.855 bits per heavy atom. The standard InChI is InChI=1S/C51H86N2O16/c1-15-40(55)65-39-27-42(57)61-32(5)19-17-16-18-20-38(66-43-22-21-37(52(10)11)33(6)62-43)31(4)26-36(23-24-54)46(47(39)60-14)68-45-29-51(59,53(12)13)49(35(8)64-45)69-44-28-50(9,58)48(34(7)63-44)67-41(56)25-30(2)3/h16-18,20,24,30-39,43-49,58-59H,15,19,21-23,25-29H2,1-14H3/b17-16+,20-18+. The van der Waals surface area contributed by atoms with Gasteiger partial charge in [0.05, 0.1) is 36.9 Å². The van der Waals surface area contributed by atoms with Crippen LogP contribution in [0.1, 0.15) is 127 Å². The Morgan fingerprint density at radius 3 is 2.09 bits per heavy atom. The third-order valence-electron chi connectivity index (χ3n) is 13.8. The van der Waals surface area contributed by atoms with Crippen LogP contribution in [0, 0.1) is 17.8 Å². The van der Waals surface area contributed by atoms with Crippen LogP contribution in [0.15, 0.2) is 24.3 Å². The van der Waals surface area contributed by atoms with Gasteiger partial charge in [0, 0.05) is 51.7 Å². The molecular weight excluding hydrogens is 897 g/mol. The molecule has 0 amide bonds. The summed E-state index contributed by atoms with van der Waals surface area (Å²) in [5, 5.41) is 24.3. The molecule has 4 heterocycles. The van der Waals surface area contributed by atoms with Crippen molar-refractivity contribution in [2.45, 2.75) is 224 Å². The van der Waals surface area contributed by atoms with Crippen molar-refractivity contribution in [3.05, 3.63) is 24.3 Å². The van der Waals surface area contributed by atoms with Gasteiger partial charge in [0.2, 0.25) is 0 Å². The second-order valence-electron chi connectivity index (χ2n) is 20.7. The largest absolute Gasteiger partial charge is 0.462 e. The van der Waals surface area contributed by atoms with Gasteiger partial charge in [0.15, 0.2) is 30.7 Å². The maximum Gasteiger partial charge on any atom is 0.309 e. The zero-order chi connectivity index (χ0) is 51.4. The van der Waals surface area contributed by atoms with Gasteiger partial charge in [-0.25, -0.2) is 0 Å². The molecule has 3 saturated heterocycles. The van der Waals surface area contributed by atoms with E-state index in [0.29, 0.717) is 19.3 Å².